The average Bonchev–Trinajstić information content (AvgIpc) is 2.49. The summed E-state index contributed by atoms with van der Waals surface area (Å²) in [7, 11) is -6.11. The average molecular weight is 564 g/mol. The first-order chi connectivity index (χ1) is 11.5. The van der Waals surface area contributed by atoms with Gasteiger partial charge in [0.05, 0.1) is 0 Å². The van der Waals surface area contributed by atoms with E-state index in [0.717, 1.165) is 16.1 Å². The molecule has 136 valence electrons. The molecule has 2 rings (SSSR count). The van der Waals surface area contributed by atoms with Crippen LogP contribution in [-0.2, 0) is 21.7 Å². The van der Waals surface area contributed by atoms with Gasteiger partial charge in [0.1, 0.15) is 5.82 Å². The summed E-state index contributed by atoms with van der Waals surface area (Å²) in [5, 5.41) is 0. The van der Waals surface area contributed by atoms with Crippen LogP contribution >= 0.6 is 51.2 Å². The first-order valence-electron chi connectivity index (χ1n) is 6.73. The zero-order chi connectivity index (χ0) is 18.8. The van der Waals surface area contributed by atoms with Gasteiger partial charge in [-0.05, 0) is 35.4 Å². The van der Waals surface area contributed by atoms with Gasteiger partial charge in [-0.25, -0.2) is 4.39 Å². The summed E-state index contributed by atoms with van der Waals surface area (Å²) in [4.78, 5) is 21.5. The van der Waals surface area contributed by atoms with E-state index in [4.69, 9.17) is 0 Å². The van der Waals surface area contributed by atoms with Crippen molar-refractivity contribution in [3.05, 3.63) is 67.9 Å². The largest absolute Gasteiger partial charge is 1.00 e. The van der Waals surface area contributed by atoms with Gasteiger partial charge in [-0.15, -0.1) is 0 Å². The summed E-state index contributed by atoms with van der Waals surface area (Å²) < 4.78 is 51.9. The number of alkyl halides is 2. The van der Waals surface area contributed by atoms with Crippen LogP contribution in [0.2, 0.25) is 0 Å². The second-order valence-corrected chi connectivity index (χ2v) is 9.33. The molecule has 2 aromatic carbocycles. The standard InChI is InChI=1S/C15H12Br2F3O3PS.2Na/c16-13-4-2-11(18)6-10(13)8-25-7-9-1-3-12(14(17)5-9)15(19,20)24(21,22)23;;/h1-6H,7-8H2,(H2,21,22,23);;/q;2*+1/p-2. The SMILES string of the molecule is O=P([O-])([O-])C(F)(F)c1ccc(CSCc2cc(F)ccc2Br)cc1Br.[Na+].[Na+]. The van der Waals surface area contributed by atoms with Crippen LogP contribution in [0.1, 0.15) is 16.7 Å². The maximum atomic E-state index is 13.6. The van der Waals surface area contributed by atoms with E-state index in [1.54, 1.807) is 6.07 Å². The normalized spacial score (nSPS) is 11.5. The number of halogens is 5. The van der Waals surface area contributed by atoms with Crippen LogP contribution in [0.3, 0.4) is 0 Å². The van der Waals surface area contributed by atoms with Crippen molar-refractivity contribution in [2.75, 3.05) is 0 Å². The number of thioether (sulfide) groups is 1. The smallest absolute Gasteiger partial charge is 0.806 e. The van der Waals surface area contributed by atoms with Gasteiger partial charge >= 0.3 is 59.1 Å². The van der Waals surface area contributed by atoms with Crippen LogP contribution in [0.15, 0.2) is 45.3 Å². The minimum Gasteiger partial charge on any atom is -0.806 e. The predicted molar refractivity (Wildman–Crippen MR) is 94.7 cm³/mol. The molecule has 2 aromatic rings. The zero-order valence-electron chi connectivity index (χ0n) is 14.3. The first-order valence-corrected chi connectivity index (χ1v) is 11.0. The summed E-state index contributed by atoms with van der Waals surface area (Å²) in [5.41, 5.74) is -3.96. The molecule has 0 saturated heterocycles. The molecule has 0 unspecified atom stereocenters. The Kier molecular flexibility index (Phi) is 12.7. The Morgan fingerprint density at radius 3 is 2.19 bits per heavy atom. The van der Waals surface area contributed by atoms with Crippen molar-refractivity contribution < 1.29 is 86.6 Å². The van der Waals surface area contributed by atoms with E-state index < -0.39 is 18.8 Å². The number of hydrogen-bond acceptors (Lipinski definition) is 4. The van der Waals surface area contributed by atoms with Gasteiger partial charge in [0.15, 0.2) is 0 Å². The predicted octanol–water partition coefficient (Wildman–Crippen LogP) is -1.24. The van der Waals surface area contributed by atoms with Crippen LogP contribution < -0.4 is 68.9 Å². The number of hydrogen-bond donors (Lipinski definition) is 0. The molecule has 27 heavy (non-hydrogen) atoms. The molecule has 0 aliphatic rings. The fraction of sp³-hybridized carbons (Fsp3) is 0.200. The minimum atomic E-state index is -6.11. The van der Waals surface area contributed by atoms with Crippen molar-refractivity contribution in [1.82, 2.24) is 0 Å². The molecule has 0 heterocycles. The van der Waals surface area contributed by atoms with Crippen molar-refractivity contribution >= 4 is 51.2 Å². The molecule has 0 radical (unpaired) electrons. The van der Waals surface area contributed by atoms with Gasteiger partial charge in [0, 0.05) is 33.6 Å². The molecule has 0 aromatic heterocycles. The molecule has 0 bridgehead atoms. The molecule has 0 saturated carbocycles. The molecule has 0 amide bonds. The third-order valence-electron chi connectivity index (χ3n) is 3.24. The van der Waals surface area contributed by atoms with Crippen molar-refractivity contribution in [3.8, 4) is 0 Å². The van der Waals surface area contributed by atoms with Gasteiger partial charge in [-0.2, -0.15) is 20.5 Å². The molecule has 0 fully saturated rings. The first kappa shape index (κ1) is 28.7. The molecule has 0 spiro atoms. The van der Waals surface area contributed by atoms with Crippen molar-refractivity contribution in [3.63, 3.8) is 0 Å². The van der Waals surface area contributed by atoms with E-state index in [1.807, 2.05) is 0 Å². The Hall–Kier alpha value is 1.69. The van der Waals surface area contributed by atoms with Gasteiger partial charge in [-0.3, -0.25) is 0 Å². The van der Waals surface area contributed by atoms with Crippen molar-refractivity contribution in [1.29, 1.82) is 0 Å². The monoisotopic (exact) mass is 562 g/mol. The summed E-state index contributed by atoms with van der Waals surface area (Å²) in [5.74, 6) is 0.567. The Morgan fingerprint density at radius 1 is 1.00 bits per heavy atom. The Balaban J connectivity index is 0.00000338. The van der Waals surface area contributed by atoms with Crippen LogP contribution in [-0.4, -0.2) is 0 Å². The van der Waals surface area contributed by atoms with Crippen LogP contribution in [0.5, 0.6) is 0 Å². The van der Waals surface area contributed by atoms with E-state index in [2.05, 4.69) is 31.9 Å². The molecular formula is C15H10Br2F3Na2O3PS. The van der Waals surface area contributed by atoms with Crippen LogP contribution in [0, 0.1) is 5.82 Å². The molecule has 3 nitrogen and oxygen atoms in total. The molecular weight excluding hydrogens is 554 g/mol. The maximum absolute atomic E-state index is 13.6. The second-order valence-electron chi connectivity index (χ2n) is 5.08. The maximum Gasteiger partial charge on any atom is 1.00 e. The third kappa shape index (κ3) is 7.71. The van der Waals surface area contributed by atoms with E-state index in [0.29, 0.717) is 17.1 Å². The van der Waals surface area contributed by atoms with E-state index in [1.165, 1.54) is 36.0 Å². The molecule has 0 N–H and O–H groups in total. The number of benzene rings is 2. The molecule has 12 heteroatoms. The second kappa shape index (κ2) is 11.9. The summed E-state index contributed by atoms with van der Waals surface area (Å²) in [6.45, 7) is 0. The van der Waals surface area contributed by atoms with Crippen molar-refractivity contribution in [2.24, 2.45) is 0 Å². The van der Waals surface area contributed by atoms with Crippen molar-refractivity contribution in [2.45, 2.75) is 17.2 Å². The Morgan fingerprint density at radius 2 is 1.63 bits per heavy atom. The van der Waals surface area contributed by atoms with Gasteiger partial charge in [0.2, 0.25) is 0 Å². The quantitative estimate of drug-likeness (QED) is 0.326. The van der Waals surface area contributed by atoms with Crippen LogP contribution in [0.4, 0.5) is 13.2 Å². The van der Waals surface area contributed by atoms with E-state index >= 15 is 0 Å². The number of rotatable bonds is 6. The summed E-state index contributed by atoms with van der Waals surface area (Å²) >= 11 is 7.64. The summed E-state index contributed by atoms with van der Waals surface area (Å²) in [6.07, 6.45) is 0. The van der Waals surface area contributed by atoms with Gasteiger partial charge in [-0.1, -0.05) is 44.0 Å². The molecule has 0 atom stereocenters. The molecule has 0 aliphatic heterocycles. The Bertz CT molecular complexity index is 840. The fourth-order valence-electron chi connectivity index (χ4n) is 1.97. The minimum absolute atomic E-state index is 0. The van der Waals surface area contributed by atoms with Crippen LogP contribution in [0.25, 0.3) is 0 Å². The van der Waals surface area contributed by atoms with Gasteiger partial charge < -0.3 is 14.4 Å². The third-order valence-corrected chi connectivity index (χ3v) is 6.65. The zero-order valence-corrected chi connectivity index (χ0v) is 23.2. The molecule has 0 aliphatic carbocycles. The van der Waals surface area contributed by atoms with E-state index in [9.17, 15) is 27.5 Å². The van der Waals surface area contributed by atoms with Gasteiger partial charge in [0.25, 0.3) is 5.66 Å². The van der Waals surface area contributed by atoms with E-state index in [-0.39, 0.29) is 69.4 Å². The topological polar surface area (TPSA) is 63.2 Å². The fourth-order valence-corrected chi connectivity index (χ4v) is 4.84. The Labute approximate surface area is 220 Å². The summed E-state index contributed by atoms with van der Waals surface area (Å²) in [6, 6.07) is 7.92.